The standard InChI is InChI=1S/C12H14BrN3/c13-10-4-3-9(7-14)12(6-10)16-8-11-2-1-5-15-11/h3-4,6,11,15-16H,1-2,5,8H2. The Bertz CT molecular complexity index is 405. The molecule has 16 heavy (non-hydrogen) atoms. The summed E-state index contributed by atoms with van der Waals surface area (Å²) in [6.07, 6.45) is 2.46. The molecule has 1 fully saturated rings. The van der Waals surface area contributed by atoms with E-state index in [0.717, 1.165) is 23.2 Å². The highest BCUT2D eigenvalue weighted by Crippen LogP contribution is 2.21. The van der Waals surface area contributed by atoms with Gasteiger partial charge in [-0.2, -0.15) is 5.26 Å². The van der Waals surface area contributed by atoms with Crippen molar-refractivity contribution in [2.75, 3.05) is 18.4 Å². The number of nitrogens with zero attached hydrogens (tertiary/aromatic N) is 1. The third-order valence-corrected chi connectivity index (χ3v) is 3.30. The van der Waals surface area contributed by atoms with E-state index in [9.17, 15) is 0 Å². The highest BCUT2D eigenvalue weighted by molar-refractivity contribution is 9.10. The smallest absolute Gasteiger partial charge is 0.101 e. The van der Waals surface area contributed by atoms with Gasteiger partial charge in [-0.05, 0) is 37.6 Å². The van der Waals surface area contributed by atoms with Gasteiger partial charge in [0.1, 0.15) is 6.07 Å². The maximum absolute atomic E-state index is 8.98. The van der Waals surface area contributed by atoms with Crippen molar-refractivity contribution in [2.45, 2.75) is 18.9 Å². The number of anilines is 1. The summed E-state index contributed by atoms with van der Waals surface area (Å²) in [5, 5.41) is 15.7. The summed E-state index contributed by atoms with van der Waals surface area (Å²) in [5.41, 5.74) is 1.60. The Hall–Kier alpha value is -1.05. The minimum atomic E-state index is 0.533. The van der Waals surface area contributed by atoms with Crippen molar-refractivity contribution in [3.05, 3.63) is 28.2 Å². The normalized spacial score (nSPS) is 19.4. The fraction of sp³-hybridized carbons (Fsp3) is 0.417. The summed E-state index contributed by atoms with van der Waals surface area (Å²) >= 11 is 3.41. The van der Waals surface area contributed by atoms with E-state index < -0.39 is 0 Å². The molecule has 1 unspecified atom stereocenters. The lowest BCUT2D eigenvalue weighted by Crippen LogP contribution is -2.29. The molecule has 0 radical (unpaired) electrons. The van der Waals surface area contributed by atoms with Crippen LogP contribution in [0.1, 0.15) is 18.4 Å². The Labute approximate surface area is 104 Å². The van der Waals surface area contributed by atoms with Gasteiger partial charge in [0.15, 0.2) is 0 Å². The molecular formula is C12H14BrN3. The first kappa shape index (κ1) is 11.4. The van der Waals surface area contributed by atoms with Gasteiger partial charge in [-0.3, -0.25) is 0 Å². The fourth-order valence-corrected chi connectivity index (χ4v) is 2.29. The summed E-state index contributed by atoms with van der Waals surface area (Å²) in [4.78, 5) is 0. The fourth-order valence-electron chi connectivity index (χ4n) is 1.92. The van der Waals surface area contributed by atoms with Gasteiger partial charge in [-0.1, -0.05) is 15.9 Å². The molecule has 0 saturated carbocycles. The van der Waals surface area contributed by atoms with E-state index in [1.807, 2.05) is 18.2 Å². The Morgan fingerprint density at radius 2 is 2.44 bits per heavy atom. The monoisotopic (exact) mass is 279 g/mol. The minimum Gasteiger partial charge on any atom is -0.382 e. The lowest BCUT2D eigenvalue weighted by atomic mass is 10.1. The summed E-state index contributed by atoms with van der Waals surface area (Å²) < 4.78 is 0.994. The Balaban J connectivity index is 2.02. The molecule has 2 rings (SSSR count). The van der Waals surface area contributed by atoms with E-state index in [-0.39, 0.29) is 0 Å². The summed E-state index contributed by atoms with van der Waals surface area (Å²) in [6, 6.07) is 8.39. The van der Waals surface area contributed by atoms with Crippen LogP contribution in [0.25, 0.3) is 0 Å². The van der Waals surface area contributed by atoms with Gasteiger partial charge in [0.2, 0.25) is 0 Å². The van der Waals surface area contributed by atoms with E-state index in [2.05, 4.69) is 32.6 Å². The number of hydrogen-bond donors (Lipinski definition) is 2. The van der Waals surface area contributed by atoms with Crippen LogP contribution >= 0.6 is 15.9 Å². The van der Waals surface area contributed by atoms with E-state index in [1.54, 1.807) is 0 Å². The van der Waals surface area contributed by atoms with E-state index in [1.165, 1.54) is 12.8 Å². The van der Waals surface area contributed by atoms with Gasteiger partial charge in [-0.25, -0.2) is 0 Å². The van der Waals surface area contributed by atoms with Crippen LogP contribution in [0.3, 0.4) is 0 Å². The second-order valence-corrected chi connectivity index (χ2v) is 4.89. The van der Waals surface area contributed by atoms with Gasteiger partial charge >= 0.3 is 0 Å². The summed E-state index contributed by atoms with van der Waals surface area (Å²) in [7, 11) is 0. The van der Waals surface area contributed by atoms with E-state index in [0.29, 0.717) is 11.6 Å². The van der Waals surface area contributed by atoms with Crippen molar-refractivity contribution < 1.29 is 0 Å². The molecule has 1 saturated heterocycles. The molecule has 2 N–H and O–H groups in total. The van der Waals surface area contributed by atoms with Gasteiger partial charge in [-0.15, -0.1) is 0 Å². The molecular weight excluding hydrogens is 266 g/mol. The molecule has 1 aliphatic rings. The second kappa shape index (κ2) is 5.33. The molecule has 4 heteroatoms. The number of nitrogens with one attached hydrogen (secondary N) is 2. The highest BCUT2D eigenvalue weighted by Gasteiger charge is 2.13. The average Bonchev–Trinajstić information content (AvgIpc) is 2.79. The highest BCUT2D eigenvalue weighted by atomic mass is 79.9. The molecule has 0 aliphatic carbocycles. The van der Waals surface area contributed by atoms with Crippen LogP contribution in [0.15, 0.2) is 22.7 Å². The number of nitriles is 1. The Morgan fingerprint density at radius 3 is 3.12 bits per heavy atom. The zero-order valence-electron chi connectivity index (χ0n) is 8.96. The van der Waals surface area contributed by atoms with Gasteiger partial charge in [0, 0.05) is 17.1 Å². The zero-order chi connectivity index (χ0) is 11.4. The van der Waals surface area contributed by atoms with Crippen molar-refractivity contribution in [1.82, 2.24) is 5.32 Å². The molecule has 1 aromatic rings. The van der Waals surface area contributed by atoms with Crippen molar-refractivity contribution >= 4 is 21.6 Å². The van der Waals surface area contributed by atoms with Crippen LogP contribution in [0.5, 0.6) is 0 Å². The lowest BCUT2D eigenvalue weighted by Gasteiger charge is -2.13. The molecule has 0 spiro atoms. The second-order valence-electron chi connectivity index (χ2n) is 3.98. The minimum absolute atomic E-state index is 0.533. The molecule has 0 bridgehead atoms. The van der Waals surface area contributed by atoms with Crippen LogP contribution in [-0.4, -0.2) is 19.1 Å². The predicted octanol–water partition coefficient (Wildman–Crippen LogP) is 2.48. The van der Waals surface area contributed by atoms with Crippen molar-refractivity contribution in [1.29, 1.82) is 5.26 Å². The molecule has 0 aromatic heterocycles. The lowest BCUT2D eigenvalue weighted by molar-refractivity contribution is 0.633. The molecule has 1 aromatic carbocycles. The number of hydrogen-bond acceptors (Lipinski definition) is 3. The van der Waals surface area contributed by atoms with Gasteiger partial charge in [0.05, 0.1) is 11.3 Å². The molecule has 3 nitrogen and oxygen atoms in total. The zero-order valence-corrected chi connectivity index (χ0v) is 10.5. The topological polar surface area (TPSA) is 47.9 Å². The van der Waals surface area contributed by atoms with Crippen LogP contribution in [0.2, 0.25) is 0 Å². The van der Waals surface area contributed by atoms with Crippen LogP contribution in [0.4, 0.5) is 5.69 Å². The SMILES string of the molecule is N#Cc1ccc(Br)cc1NCC1CCCN1. The Kier molecular flexibility index (Phi) is 3.81. The summed E-state index contributed by atoms with van der Waals surface area (Å²) in [5.74, 6) is 0. The van der Waals surface area contributed by atoms with Crippen molar-refractivity contribution in [3.8, 4) is 6.07 Å². The van der Waals surface area contributed by atoms with Crippen molar-refractivity contribution in [3.63, 3.8) is 0 Å². The maximum atomic E-state index is 8.98. The molecule has 1 atom stereocenters. The van der Waals surface area contributed by atoms with Crippen LogP contribution in [-0.2, 0) is 0 Å². The van der Waals surface area contributed by atoms with Gasteiger partial charge < -0.3 is 10.6 Å². The van der Waals surface area contributed by atoms with Crippen LogP contribution in [0, 0.1) is 11.3 Å². The molecule has 0 amide bonds. The number of rotatable bonds is 3. The van der Waals surface area contributed by atoms with E-state index >= 15 is 0 Å². The van der Waals surface area contributed by atoms with Gasteiger partial charge in [0.25, 0.3) is 0 Å². The summed E-state index contributed by atoms with van der Waals surface area (Å²) in [6.45, 7) is 1.99. The first-order valence-corrected chi connectivity index (χ1v) is 6.26. The number of benzene rings is 1. The largest absolute Gasteiger partial charge is 0.382 e. The first-order chi connectivity index (χ1) is 7.79. The third-order valence-electron chi connectivity index (χ3n) is 2.80. The van der Waals surface area contributed by atoms with Crippen LogP contribution < -0.4 is 10.6 Å². The number of halogens is 1. The third kappa shape index (κ3) is 2.75. The molecule has 1 heterocycles. The first-order valence-electron chi connectivity index (χ1n) is 5.46. The predicted molar refractivity (Wildman–Crippen MR) is 68.4 cm³/mol. The Morgan fingerprint density at radius 1 is 1.56 bits per heavy atom. The van der Waals surface area contributed by atoms with Crippen molar-refractivity contribution in [2.24, 2.45) is 0 Å². The average molecular weight is 280 g/mol. The maximum Gasteiger partial charge on any atom is 0.101 e. The quantitative estimate of drug-likeness (QED) is 0.894. The molecule has 84 valence electrons. The molecule has 1 aliphatic heterocycles. The van der Waals surface area contributed by atoms with E-state index in [4.69, 9.17) is 5.26 Å².